The molecule has 1 fully saturated rings. The van der Waals surface area contributed by atoms with E-state index in [1.54, 1.807) is 0 Å². The second kappa shape index (κ2) is 13.7. The minimum Gasteiger partial charge on any atom is -0.461 e. The second-order valence-electron chi connectivity index (χ2n) is 9.82. The molecule has 1 aliphatic heterocycles. The lowest BCUT2D eigenvalue weighted by molar-refractivity contribution is -0.139. The number of piperazine rings is 1. The largest absolute Gasteiger partial charge is 0.461 e. The van der Waals surface area contributed by atoms with Gasteiger partial charge in [-0.3, -0.25) is 9.80 Å². The molecule has 0 N–H and O–H groups in total. The molecule has 1 saturated heterocycles. The number of rotatable bonds is 10. The number of ether oxygens (including phenoxy) is 2. The van der Waals surface area contributed by atoms with E-state index in [0.717, 1.165) is 58.9 Å². The van der Waals surface area contributed by atoms with E-state index in [2.05, 4.69) is 46.2 Å². The van der Waals surface area contributed by atoms with Crippen LogP contribution in [0.5, 0.6) is 0 Å². The van der Waals surface area contributed by atoms with E-state index < -0.39 is 0 Å². The molecule has 1 aliphatic rings. The first-order valence-electron chi connectivity index (χ1n) is 13.8. The molecule has 0 spiro atoms. The van der Waals surface area contributed by atoms with Crippen molar-refractivity contribution in [2.45, 2.75) is 0 Å². The molecule has 0 radical (unpaired) electrons. The summed E-state index contributed by atoms with van der Waals surface area (Å²) in [5, 5.41) is 4.51. The van der Waals surface area contributed by atoms with Crippen molar-refractivity contribution in [3.63, 3.8) is 0 Å². The summed E-state index contributed by atoms with van der Waals surface area (Å²) in [4.78, 5) is 29.0. The number of hydrogen-bond donors (Lipinski definition) is 0. The van der Waals surface area contributed by atoms with Crippen molar-refractivity contribution in [2.24, 2.45) is 0 Å². The normalized spacial score (nSPS) is 14.8. The van der Waals surface area contributed by atoms with Gasteiger partial charge in [0.25, 0.3) is 0 Å². The lowest BCUT2D eigenvalue weighted by Crippen LogP contribution is -2.48. The Kier molecular flexibility index (Phi) is 9.35. The Morgan fingerprint density at radius 3 is 1.43 bits per heavy atom. The Hall–Kier alpha value is -4.26. The fourth-order valence-corrected chi connectivity index (χ4v) is 4.99. The first kappa shape index (κ1) is 27.3. The van der Waals surface area contributed by atoms with Crippen molar-refractivity contribution >= 4 is 45.6 Å². The van der Waals surface area contributed by atoms with E-state index in [4.69, 9.17) is 9.47 Å². The molecule has 40 heavy (non-hydrogen) atoms. The summed E-state index contributed by atoms with van der Waals surface area (Å²) in [6.07, 6.45) is 6.63. The fourth-order valence-electron chi connectivity index (χ4n) is 4.99. The standard InChI is InChI=1S/C34H34N2O4/c37-33(17-15-29-11-5-9-27-7-1-3-13-31(27)29)39-25-23-35-19-21-36(22-20-35)24-26-40-34(38)18-16-30-12-6-10-28-8-2-4-14-32(28)30/h1-18H,19-26H2/b17-15+,18-16+. The van der Waals surface area contributed by atoms with Crippen LogP contribution in [0.2, 0.25) is 0 Å². The number of hydrogen-bond acceptors (Lipinski definition) is 6. The van der Waals surface area contributed by atoms with Crippen LogP contribution in [0, 0.1) is 0 Å². The molecule has 204 valence electrons. The van der Waals surface area contributed by atoms with Crippen molar-refractivity contribution in [2.75, 3.05) is 52.5 Å². The molecule has 4 aromatic carbocycles. The van der Waals surface area contributed by atoms with E-state index in [1.807, 2.05) is 60.7 Å². The van der Waals surface area contributed by atoms with E-state index in [0.29, 0.717) is 26.3 Å². The van der Waals surface area contributed by atoms with Gasteiger partial charge in [-0.05, 0) is 44.8 Å². The summed E-state index contributed by atoms with van der Waals surface area (Å²) in [5.74, 6) is -0.661. The fraction of sp³-hybridized carbons (Fsp3) is 0.235. The lowest BCUT2D eigenvalue weighted by atomic mass is 10.0. The average molecular weight is 535 g/mol. The highest BCUT2D eigenvalue weighted by atomic mass is 16.5. The SMILES string of the molecule is O=C(/C=C/c1cccc2ccccc12)OCCN1CCN(CCOC(=O)/C=C/c2cccc3ccccc23)CC1. The van der Waals surface area contributed by atoms with E-state index >= 15 is 0 Å². The number of carbonyl (C=O) groups is 2. The molecule has 0 aliphatic carbocycles. The maximum absolute atomic E-state index is 12.2. The van der Waals surface area contributed by atoms with Gasteiger partial charge in [0, 0.05) is 51.4 Å². The Morgan fingerprint density at radius 2 is 0.975 bits per heavy atom. The van der Waals surface area contributed by atoms with Gasteiger partial charge in [-0.2, -0.15) is 0 Å². The van der Waals surface area contributed by atoms with Gasteiger partial charge in [0.2, 0.25) is 0 Å². The second-order valence-corrected chi connectivity index (χ2v) is 9.82. The molecule has 0 aromatic heterocycles. The number of benzene rings is 4. The Morgan fingerprint density at radius 1 is 0.575 bits per heavy atom. The van der Waals surface area contributed by atoms with Gasteiger partial charge in [0.1, 0.15) is 13.2 Å². The average Bonchev–Trinajstić information content (AvgIpc) is 2.99. The van der Waals surface area contributed by atoms with Gasteiger partial charge in [-0.25, -0.2) is 9.59 Å². The summed E-state index contributed by atoms with van der Waals surface area (Å²) >= 11 is 0. The van der Waals surface area contributed by atoms with Crippen LogP contribution in [0.15, 0.2) is 97.1 Å². The van der Waals surface area contributed by atoms with Gasteiger partial charge in [0.05, 0.1) is 0 Å². The van der Waals surface area contributed by atoms with Crippen molar-refractivity contribution < 1.29 is 19.1 Å². The van der Waals surface area contributed by atoms with E-state index in [9.17, 15) is 9.59 Å². The zero-order valence-electron chi connectivity index (χ0n) is 22.6. The third-order valence-electron chi connectivity index (χ3n) is 7.21. The summed E-state index contributed by atoms with van der Waals surface area (Å²) < 4.78 is 10.9. The molecule has 0 unspecified atom stereocenters. The van der Waals surface area contributed by atoms with Crippen LogP contribution in [-0.4, -0.2) is 74.2 Å². The summed E-state index contributed by atoms with van der Waals surface area (Å²) in [7, 11) is 0. The molecular weight excluding hydrogens is 500 g/mol. The highest BCUT2D eigenvalue weighted by molar-refractivity contribution is 5.95. The number of fused-ring (bicyclic) bond motifs is 2. The Bertz CT molecular complexity index is 1390. The third kappa shape index (κ3) is 7.44. The molecule has 0 saturated carbocycles. The molecule has 4 aromatic rings. The van der Waals surface area contributed by atoms with Gasteiger partial charge in [0.15, 0.2) is 0 Å². The summed E-state index contributed by atoms with van der Waals surface area (Å²) in [6.45, 7) is 5.68. The lowest BCUT2D eigenvalue weighted by Gasteiger charge is -2.34. The molecule has 5 rings (SSSR count). The minimum absolute atomic E-state index is 0.331. The monoisotopic (exact) mass is 534 g/mol. The number of nitrogens with zero attached hydrogens (tertiary/aromatic N) is 2. The van der Waals surface area contributed by atoms with Gasteiger partial charge < -0.3 is 9.47 Å². The maximum Gasteiger partial charge on any atom is 0.330 e. The third-order valence-corrected chi connectivity index (χ3v) is 7.21. The molecule has 1 heterocycles. The van der Waals surface area contributed by atoms with Crippen LogP contribution in [0.1, 0.15) is 11.1 Å². The maximum atomic E-state index is 12.2. The van der Waals surface area contributed by atoms with Crippen molar-refractivity contribution in [3.05, 3.63) is 108 Å². The molecular formula is C34H34N2O4. The zero-order valence-corrected chi connectivity index (χ0v) is 22.6. The molecule has 6 nitrogen and oxygen atoms in total. The van der Waals surface area contributed by atoms with Gasteiger partial charge in [-0.1, -0.05) is 84.9 Å². The zero-order chi connectivity index (χ0) is 27.6. The molecule has 0 amide bonds. The van der Waals surface area contributed by atoms with Crippen molar-refractivity contribution in [3.8, 4) is 0 Å². The van der Waals surface area contributed by atoms with E-state index in [-0.39, 0.29) is 11.9 Å². The topological polar surface area (TPSA) is 59.1 Å². The van der Waals surface area contributed by atoms with Crippen LogP contribution in [0.25, 0.3) is 33.7 Å². The van der Waals surface area contributed by atoms with Crippen molar-refractivity contribution in [1.82, 2.24) is 9.80 Å². The van der Waals surface area contributed by atoms with Crippen molar-refractivity contribution in [1.29, 1.82) is 0 Å². The minimum atomic E-state index is -0.331. The van der Waals surface area contributed by atoms with E-state index in [1.165, 1.54) is 12.2 Å². The smallest absolute Gasteiger partial charge is 0.330 e. The number of esters is 2. The van der Waals surface area contributed by atoms with Crippen LogP contribution < -0.4 is 0 Å². The Balaban J connectivity index is 0.969. The highest BCUT2D eigenvalue weighted by Gasteiger charge is 2.17. The molecule has 6 heteroatoms. The number of carbonyl (C=O) groups excluding carboxylic acids is 2. The van der Waals surface area contributed by atoms with Gasteiger partial charge in [-0.15, -0.1) is 0 Å². The molecule has 0 bridgehead atoms. The van der Waals surface area contributed by atoms with Crippen LogP contribution >= 0.6 is 0 Å². The highest BCUT2D eigenvalue weighted by Crippen LogP contribution is 2.20. The summed E-state index contributed by atoms with van der Waals surface area (Å²) in [5.41, 5.74) is 2.00. The van der Waals surface area contributed by atoms with Crippen LogP contribution in [0.3, 0.4) is 0 Å². The Labute approximate surface area is 235 Å². The summed E-state index contributed by atoms with van der Waals surface area (Å²) in [6, 6.07) is 28.3. The predicted molar refractivity (Wildman–Crippen MR) is 161 cm³/mol. The predicted octanol–water partition coefficient (Wildman–Crippen LogP) is 5.42. The molecule has 0 atom stereocenters. The van der Waals surface area contributed by atoms with Crippen LogP contribution in [-0.2, 0) is 19.1 Å². The van der Waals surface area contributed by atoms with Crippen LogP contribution in [0.4, 0.5) is 0 Å². The first-order chi connectivity index (χ1) is 19.7. The van der Waals surface area contributed by atoms with Gasteiger partial charge >= 0.3 is 11.9 Å². The quantitative estimate of drug-likeness (QED) is 0.200. The first-order valence-corrected chi connectivity index (χ1v) is 13.8.